The van der Waals surface area contributed by atoms with Crippen LogP contribution in [0.3, 0.4) is 0 Å². The fourth-order valence-electron chi connectivity index (χ4n) is 2.46. The number of carbonyl (C=O) groups excluding carboxylic acids is 1. The third-order valence-corrected chi connectivity index (χ3v) is 4.63. The maximum absolute atomic E-state index is 11.8. The second kappa shape index (κ2) is 7.96. The standard InChI is InChI=1S/C19H19N5O2S/c1-4-20-19(26)24-16-7-13(14(9-21-16)11(2)3)18-23-15(10-27-18)12-5-6-17(25)22-8-12/h5-10H,2,4H2,1,3H3,(H,22,25)(H2,20,21,24,26). The van der Waals surface area contributed by atoms with Gasteiger partial charge in [0.15, 0.2) is 0 Å². The van der Waals surface area contributed by atoms with Crippen LogP contribution in [0.2, 0.25) is 0 Å². The molecule has 3 aromatic heterocycles. The first kappa shape index (κ1) is 18.5. The molecule has 3 rings (SSSR count). The van der Waals surface area contributed by atoms with Crippen molar-refractivity contribution >= 4 is 28.8 Å². The molecule has 0 fully saturated rings. The molecule has 0 saturated carbocycles. The van der Waals surface area contributed by atoms with E-state index in [0.29, 0.717) is 12.4 Å². The van der Waals surface area contributed by atoms with E-state index in [0.717, 1.165) is 33.0 Å². The molecule has 7 nitrogen and oxygen atoms in total. The first-order chi connectivity index (χ1) is 13.0. The lowest BCUT2D eigenvalue weighted by molar-refractivity contribution is 0.252. The lowest BCUT2D eigenvalue weighted by atomic mass is 10.1. The molecule has 3 aromatic rings. The van der Waals surface area contributed by atoms with E-state index in [2.05, 4.69) is 32.2 Å². The highest BCUT2D eigenvalue weighted by Gasteiger charge is 2.14. The summed E-state index contributed by atoms with van der Waals surface area (Å²) in [5.41, 5.74) is 3.97. The molecule has 0 atom stereocenters. The number of anilines is 1. The number of pyridine rings is 2. The molecule has 0 aliphatic carbocycles. The third-order valence-electron chi connectivity index (χ3n) is 3.76. The summed E-state index contributed by atoms with van der Waals surface area (Å²) in [6, 6.07) is 4.67. The number of hydrogen-bond donors (Lipinski definition) is 3. The molecule has 3 N–H and O–H groups in total. The summed E-state index contributed by atoms with van der Waals surface area (Å²) < 4.78 is 0. The SMILES string of the molecule is C=C(C)c1cnc(NC(=O)NCC)cc1-c1nc(-c2ccc(=O)[nH]c2)cs1. The average molecular weight is 381 g/mol. The largest absolute Gasteiger partial charge is 0.338 e. The van der Waals surface area contributed by atoms with Crippen LogP contribution in [0.5, 0.6) is 0 Å². The lowest BCUT2D eigenvalue weighted by Crippen LogP contribution is -2.28. The number of thiazole rings is 1. The van der Waals surface area contributed by atoms with Gasteiger partial charge in [0.1, 0.15) is 10.8 Å². The number of aromatic nitrogens is 3. The van der Waals surface area contributed by atoms with Crippen molar-refractivity contribution in [1.29, 1.82) is 0 Å². The van der Waals surface area contributed by atoms with E-state index in [1.54, 1.807) is 24.5 Å². The number of H-pyrrole nitrogens is 1. The zero-order valence-corrected chi connectivity index (χ0v) is 15.8. The van der Waals surface area contributed by atoms with Gasteiger partial charge >= 0.3 is 6.03 Å². The highest BCUT2D eigenvalue weighted by atomic mass is 32.1. The number of amides is 2. The number of aromatic amines is 1. The Kier molecular flexibility index (Phi) is 5.46. The van der Waals surface area contributed by atoms with Gasteiger partial charge in [0.05, 0.1) is 5.69 Å². The Labute approximate surface area is 160 Å². The topological polar surface area (TPSA) is 99.8 Å². The molecule has 3 heterocycles. The average Bonchev–Trinajstić information content (AvgIpc) is 3.12. The number of nitrogens with one attached hydrogen (secondary N) is 3. The van der Waals surface area contributed by atoms with Gasteiger partial charge in [-0.1, -0.05) is 6.58 Å². The summed E-state index contributed by atoms with van der Waals surface area (Å²) in [5, 5.41) is 8.07. The first-order valence-corrected chi connectivity index (χ1v) is 9.21. The Bertz CT molecular complexity index is 1030. The fraction of sp³-hybridized carbons (Fsp3) is 0.158. The van der Waals surface area contributed by atoms with Crippen molar-refractivity contribution in [3.05, 3.63) is 58.5 Å². The van der Waals surface area contributed by atoms with Gasteiger partial charge in [-0.2, -0.15) is 0 Å². The lowest BCUT2D eigenvalue weighted by Gasteiger charge is -2.10. The smallest absolute Gasteiger partial charge is 0.320 e. The number of carbonyl (C=O) groups is 1. The molecule has 27 heavy (non-hydrogen) atoms. The van der Waals surface area contributed by atoms with E-state index in [1.165, 1.54) is 17.4 Å². The van der Waals surface area contributed by atoms with Crippen molar-refractivity contribution in [3.63, 3.8) is 0 Å². The highest BCUT2D eigenvalue weighted by Crippen LogP contribution is 2.34. The highest BCUT2D eigenvalue weighted by molar-refractivity contribution is 7.13. The molecule has 0 spiro atoms. The Morgan fingerprint density at radius 2 is 2.19 bits per heavy atom. The Morgan fingerprint density at radius 1 is 1.37 bits per heavy atom. The van der Waals surface area contributed by atoms with Crippen molar-refractivity contribution in [1.82, 2.24) is 20.3 Å². The van der Waals surface area contributed by atoms with Gasteiger partial charge in [-0.3, -0.25) is 10.1 Å². The summed E-state index contributed by atoms with van der Waals surface area (Å²) >= 11 is 1.47. The van der Waals surface area contributed by atoms with Crippen molar-refractivity contribution < 1.29 is 4.79 Å². The molecule has 0 bridgehead atoms. The van der Waals surface area contributed by atoms with Crippen LogP contribution in [0, 0.1) is 0 Å². The molecular formula is C19H19N5O2S. The number of allylic oxidation sites excluding steroid dienone is 1. The van der Waals surface area contributed by atoms with Crippen molar-refractivity contribution in [2.75, 3.05) is 11.9 Å². The molecule has 0 unspecified atom stereocenters. The minimum Gasteiger partial charge on any atom is -0.338 e. The summed E-state index contributed by atoms with van der Waals surface area (Å²) in [7, 11) is 0. The van der Waals surface area contributed by atoms with Crippen molar-refractivity contribution in [2.45, 2.75) is 13.8 Å². The van der Waals surface area contributed by atoms with E-state index < -0.39 is 0 Å². The summed E-state index contributed by atoms with van der Waals surface area (Å²) in [4.78, 5) is 34.6. The van der Waals surface area contributed by atoms with E-state index in [4.69, 9.17) is 0 Å². The van der Waals surface area contributed by atoms with Gasteiger partial charge in [0, 0.05) is 47.1 Å². The molecule has 0 aliphatic heterocycles. The number of urea groups is 1. The second-order valence-electron chi connectivity index (χ2n) is 5.86. The quantitative estimate of drug-likeness (QED) is 0.627. The van der Waals surface area contributed by atoms with Crippen molar-refractivity contribution in [3.8, 4) is 21.8 Å². The molecule has 0 saturated heterocycles. The van der Waals surface area contributed by atoms with Gasteiger partial charge < -0.3 is 10.3 Å². The van der Waals surface area contributed by atoms with Gasteiger partial charge in [0.25, 0.3) is 0 Å². The van der Waals surface area contributed by atoms with Crippen molar-refractivity contribution in [2.24, 2.45) is 0 Å². The second-order valence-corrected chi connectivity index (χ2v) is 6.72. The van der Waals surface area contributed by atoms with E-state index >= 15 is 0 Å². The number of rotatable bonds is 5. The Morgan fingerprint density at radius 3 is 2.85 bits per heavy atom. The molecule has 2 amide bonds. The van der Waals surface area contributed by atoms with Gasteiger partial charge in [0.2, 0.25) is 5.56 Å². The molecule has 0 aromatic carbocycles. The van der Waals surface area contributed by atoms with E-state index in [1.807, 2.05) is 19.2 Å². The molecule has 8 heteroatoms. The molecule has 0 aliphatic rings. The van der Waals surface area contributed by atoms with Crippen LogP contribution in [0.15, 0.2) is 47.3 Å². The summed E-state index contributed by atoms with van der Waals surface area (Å²) in [6.45, 7) is 8.27. The number of hydrogen-bond acceptors (Lipinski definition) is 5. The van der Waals surface area contributed by atoms with E-state index in [-0.39, 0.29) is 11.6 Å². The van der Waals surface area contributed by atoms with Crippen LogP contribution in [0.1, 0.15) is 19.4 Å². The van der Waals surface area contributed by atoms with Crippen LogP contribution >= 0.6 is 11.3 Å². The molecule has 138 valence electrons. The maximum Gasteiger partial charge on any atom is 0.320 e. The van der Waals surface area contributed by atoms with Crippen LogP contribution in [-0.4, -0.2) is 27.5 Å². The van der Waals surface area contributed by atoms with Crippen LogP contribution < -0.4 is 16.2 Å². The monoisotopic (exact) mass is 381 g/mol. The zero-order chi connectivity index (χ0) is 19.4. The van der Waals surface area contributed by atoms with Crippen LogP contribution in [0.4, 0.5) is 10.6 Å². The molecular weight excluding hydrogens is 362 g/mol. The van der Waals surface area contributed by atoms with Gasteiger partial charge in [-0.15, -0.1) is 11.3 Å². The number of nitrogens with zero attached hydrogens (tertiary/aromatic N) is 2. The maximum atomic E-state index is 11.8. The Hall–Kier alpha value is -3.26. The fourth-order valence-corrected chi connectivity index (χ4v) is 3.32. The first-order valence-electron chi connectivity index (χ1n) is 8.33. The summed E-state index contributed by atoms with van der Waals surface area (Å²) in [6.07, 6.45) is 3.32. The zero-order valence-electron chi connectivity index (χ0n) is 15.0. The predicted octanol–water partition coefficient (Wildman–Crippen LogP) is 3.73. The third kappa shape index (κ3) is 4.29. The predicted molar refractivity (Wildman–Crippen MR) is 109 cm³/mol. The van der Waals surface area contributed by atoms with Gasteiger partial charge in [-0.05, 0) is 31.6 Å². The minimum absolute atomic E-state index is 0.158. The van der Waals surface area contributed by atoms with Crippen LogP contribution in [0.25, 0.3) is 27.4 Å². The van der Waals surface area contributed by atoms with Gasteiger partial charge in [-0.25, -0.2) is 14.8 Å². The summed E-state index contributed by atoms with van der Waals surface area (Å²) in [5.74, 6) is 0.432. The van der Waals surface area contributed by atoms with Crippen LogP contribution in [-0.2, 0) is 0 Å². The Balaban J connectivity index is 1.99. The normalized spacial score (nSPS) is 10.4. The molecule has 0 radical (unpaired) electrons. The van der Waals surface area contributed by atoms with E-state index in [9.17, 15) is 9.59 Å². The minimum atomic E-state index is -0.313.